The summed E-state index contributed by atoms with van der Waals surface area (Å²) in [6.07, 6.45) is -6.14. The van der Waals surface area contributed by atoms with Gasteiger partial charge in [-0.2, -0.15) is 26.3 Å². The number of nitrogens with zero attached hydrogens (tertiary/aromatic N) is 3. The van der Waals surface area contributed by atoms with Gasteiger partial charge in [0, 0.05) is 46.6 Å². The maximum Gasteiger partial charge on any atom is 0.451 e. The normalized spacial score (nSPS) is 19.2. The van der Waals surface area contributed by atoms with Crippen LogP contribution < -0.4 is 15.4 Å². The van der Waals surface area contributed by atoms with E-state index in [1.165, 1.54) is 17.4 Å². The molecule has 0 bridgehead atoms. The zero-order chi connectivity index (χ0) is 27.7. The molecule has 0 saturated carbocycles. The Morgan fingerprint density at radius 3 is 2.42 bits per heavy atom. The first-order chi connectivity index (χ1) is 17.8. The van der Waals surface area contributed by atoms with Crippen LogP contribution in [0.15, 0.2) is 36.8 Å². The minimum absolute atomic E-state index is 0.125. The number of carbonyl (C=O) groups is 1. The Balaban J connectivity index is 1.56. The van der Waals surface area contributed by atoms with Gasteiger partial charge in [-0.1, -0.05) is 0 Å². The lowest BCUT2D eigenvalue weighted by Crippen LogP contribution is -2.50. The first-order valence-electron chi connectivity index (χ1n) is 11.5. The molecule has 0 aliphatic carbocycles. The van der Waals surface area contributed by atoms with E-state index in [0.29, 0.717) is 17.0 Å². The molecule has 3 heterocycles. The number of benzene rings is 1. The zero-order valence-corrected chi connectivity index (χ0v) is 21.0. The van der Waals surface area contributed by atoms with Gasteiger partial charge in [-0.25, -0.2) is 15.0 Å². The number of thiazole rings is 1. The second kappa shape index (κ2) is 10.8. The predicted octanol–water partition coefficient (Wildman–Crippen LogP) is 5.48. The average Bonchev–Trinajstić information content (AvgIpc) is 3.29. The highest BCUT2D eigenvalue weighted by Crippen LogP contribution is 2.33. The van der Waals surface area contributed by atoms with E-state index in [1.54, 1.807) is 25.3 Å². The fourth-order valence-electron chi connectivity index (χ4n) is 3.91. The molecule has 0 spiro atoms. The van der Waals surface area contributed by atoms with Crippen molar-refractivity contribution in [2.24, 2.45) is 0 Å². The maximum atomic E-state index is 13.2. The molecule has 2 aromatic heterocycles. The number of ether oxygens (including phenoxy) is 1. The molecule has 3 atom stereocenters. The van der Waals surface area contributed by atoms with Gasteiger partial charge >= 0.3 is 12.4 Å². The lowest BCUT2D eigenvalue weighted by atomic mass is 10.0. The molecule has 204 valence electrons. The minimum atomic E-state index is -4.69. The molecule has 1 fully saturated rings. The summed E-state index contributed by atoms with van der Waals surface area (Å²) in [5.74, 6) is -1.66. The van der Waals surface area contributed by atoms with Gasteiger partial charge in [0.1, 0.15) is 22.9 Å². The van der Waals surface area contributed by atoms with Gasteiger partial charge in [0.05, 0.1) is 6.04 Å². The number of aryl methyl sites for hydroxylation is 1. The van der Waals surface area contributed by atoms with Crippen LogP contribution in [0.3, 0.4) is 0 Å². The Bertz CT molecular complexity index is 1280. The third-order valence-corrected chi connectivity index (χ3v) is 6.83. The highest BCUT2D eigenvalue weighted by molar-refractivity contribution is 7.14. The molecule has 38 heavy (non-hydrogen) atoms. The van der Waals surface area contributed by atoms with E-state index < -0.39 is 42.3 Å². The Hall–Kier alpha value is -3.26. The third kappa shape index (κ3) is 6.78. The quantitative estimate of drug-likeness (QED) is 0.389. The van der Waals surface area contributed by atoms with Crippen LogP contribution in [0, 0.1) is 6.92 Å². The van der Waals surface area contributed by atoms with E-state index in [0.717, 1.165) is 17.3 Å². The highest BCUT2D eigenvalue weighted by Gasteiger charge is 2.43. The second-order valence-corrected chi connectivity index (χ2v) is 10.1. The van der Waals surface area contributed by atoms with Crippen LogP contribution in [0.1, 0.15) is 52.4 Å². The summed E-state index contributed by atoms with van der Waals surface area (Å²) in [5, 5.41) is 5.71. The van der Waals surface area contributed by atoms with Crippen LogP contribution in [0.2, 0.25) is 0 Å². The third-order valence-electron chi connectivity index (χ3n) is 5.86. The molecule has 3 aromatic rings. The molecule has 4 rings (SSSR count). The van der Waals surface area contributed by atoms with E-state index in [1.807, 2.05) is 6.92 Å². The molecule has 1 aliphatic heterocycles. The van der Waals surface area contributed by atoms with Gasteiger partial charge in [0.15, 0.2) is 0 Å². The van der Waals surface area contributed by atoms with Gasteiger partial charge < -0.3 is 15.4 Å². The van der Waals surface area contributed by atoms with Crippen molar-refractivity contribution in [1.82, 2.24) is 25.6 Å². The number of nitrogens with one attached hydrogen (secondary N) is 2. The second-order valence-electron chi connectivity index (χ2n) is 8.87. The first-order valence-corrected chi connectivity index (χ1v) is 12.4. The van der Waals surface area contributed by atoms with Crippen LogP contribution in [0.5, 0.6) is 5.75 Å². The Morgan fingerprint density at radius 1 is 1.11 bits per heavy atom. The Labute approximate surface area is 217 Å². The van der Waals surface area contributed by atoms with Gasteiger partial charge in [0.2, 0.25) is 5.82 Å². The molecule has 14 heteroatoms. The summed E-state index contributed by atoms with van der Waals surface area (Å²) in [6.45, 7) is 3.54. The summed E-state index contributed by atoms with van der Waals surface area (Å²) < 4.78 is 83.8. The monoisotopic (exact) mass is 559 g/mol. The molecular formula is C24H23F6N5O2S. The fraction of sp³-hybridized carbons (Fsp3) is 0.417. The van der Waals surface area contributed by atoms with Crippen LogP contribution >= 0.6 is 11.3 Å². The lowest BCUT2D eigenvalue weighted by molar-refractivity contribution is -0.166. The summed E-state index contributed by atoms with van der Waals surface area (Å²) >= 11 is 1.37. The first kappa shape index (κ1) is 27.8. The molecule has 7 nitrogen and oxygen atoms in total. The maximum absolute atomic E-state index is 13.2. The topological polar surface area (TPSA) is 89.0 Å². The van der Waals surface area contributed by atoms with Crippen LogP contribution in [0.4, 0.5) is 26.3 Å². The fourth-order valence-corrected chi connectivity index (χ4v) is 4.66. The molecular weight excluding hydrogens is 536 g/mol. The van der Waals surface area contributed by atoms with Crippen LogP contribution in [0.25, 0.3) is 10.6 Å². The number of alkyl halides is 6. The highest BCUT2D eigenvalue weighted by atomic mass is 32.1. The van der Waals surface area contributed by atoms with Gasteiger partial charge in [-0.15, -0.1) is 11.3 Å². The number of piperidine rings is 1. The van der Waals surface area contributed by atoms with Gasteiger partial charge in [-0.05, 0) is 45.0 Å². The number of amides is 1. The summed E-state index contributed by atoms with van der Waals surface area (Å²) in [7, 11) is 0. The number of hydrogen-bond donors (Lipinski definition) is 2. The summed E-state index contributed by atoms with van der Waals surface area (Å²) in [5.41, 5.74) is 0.936. The van der Waals surface area contributed by atoms with E-state index in [-0.39, 0.29) is 29.8 Å². The average molecular weight is 560 g/mol. The zero-order valence-electron chi connectivity index (χ0n) is 20.2. The molecule has 1 amide bonds. The number of carbonyl (C=O) groups excluding carboxylic acids is 1. The van der Waals surface area contributed by atoms with Crippen molar-refractivity contribution in [1.29, 1.82) is 0 Å². The van der Waals surface area contributed by atoms with Crippen molar-refractivity contribution in [3.8, 4) is 16.3 Å². The molecule has 1 unspecified atom stereocenters. The standard InChI is InChI=1S/C24H23F6N5O2S/c1-12-9-32-21(38-12)15-5-14(6-18(7-15)37-17-3-4-31-19(8-17)23(25,26)27)20(36)35-13(2)16-10-33-22(34-11-16)24(28,29)30/h5-7,9-11,13,17,19,31H,3-4,8H2,1-2H3,(H,35,36)/t13?,17-,19+/m0/s1. The van der Waals surface area contributed by atoms with E-state index in [9.17, 15) is 31.1 Å². The number of rotatable bonds is 6. The SMILES string of the molecule is Cc1cnc(-c2cc(O[C@H]3CCN[C@@H](C(F)(F)F)C3)cc(C(=O)NC(C)c3cnc(C(F)(F)F)nc3)c2)s1. The molecule has 0 radical (unpaired) electrons. The van der Waals surface area contributed by atoms with Crippen molar-refractivity contribution < 1.29 is 35.9 Å². The van der Waals surface area contributed by atoms with E-state index in [2.05, 4.69) is 25.6 Å². The molecule has 1 saturated heterocycles. The molecule has 1 aliphatic rings. The van der Waals surface area contributed by atoms with Crippen LogP contribution in [-0.4, -0.2) is 45.7 Å². The predicted molar refractivity (Wildman–Crippen MR) is 127 cm³/mol. The largest absolute Gasteiger partial charge is 0.490 e. The van der Waals surface area contributed by atoms with Crippen molar-refractivity contribution in [2.45, 2.75) is 57.2 Å². The van der Waals surface area contributed by atoms with Gasteiger partial charge in [0.25, 0.3) is 5.91 Å². The van der Waals surface area contributed by atoms with Crippen molar-refractivity contribution in [3.63, 3.8) is 0 Å². The molecule has 1 aromatic carbocycles. The molecule has 2 N–H and O–H groups in total. The lowest BCUT2D eigenvalue weighted by Gasteiger charge is -2.32. The Morgan fingerprint density at radius 2 is 1.82 bits per heavy atom. The van der Waals surface area contributed by atoms with E-state index >= 15 is 0 Å². The van der Waals surface area contributed by atoms with Crippen molar-refractivity contribution >= 4 is 17.2 Å². The van der Waals surface area contributed by atoms with Crippen LogP contribution in [-0.2, 0) is 6.18 Å². The summed E-state index contributed by atoms with van der Waals surface area (Å²) in [4.78, 5) is 25.0. The minimum Gasteiger partial charge on any atom is -0.490 e. The van der Waals surface area contributed by atoms with Crippen molar-refractivity contribution in [2.75, 3.05) is 6.54 Å². The Kier molecular flexibility index (Phi) is 7.93. The van der Waals surface area contributed by atoms with Gasteiger partial charge in [-0.3, -0.25) is 4.79 Å². The number of hydrogen-bond acceptors (Lipinski definition) is 7. The summed E-state index contributed by atoms with van der Waals surface area (Å²) in [6, 6.07) is 2.17. The smallest absolute Gasteiger partial charge is 0.451 e. The van der Waals surface area contributed by atoms with Crippen molar-refractivity contribution in [3.05, 3.63) is 58.6 Å². The van der Waals surface area contributed by atoms with E-state index in [4.69, 9.17) is 4.74 Å². The number of aromatic nitrogens is 3. The number of halogens is 6.